The molecule has 1 saturated heterocycles. The van der Waals surface area contributed by atoms with Gasteiger partial charge in [-0.05, 0) is 11.4 Å². The van der Waals surface area contributed by atoms with E-state index in [4.69, 9.17) is 5.73 Å². The highest BCUT2D eigenvalue weighted by atomic mass is 32.2. The van der Waals surface area contributed by atoms with Crippen molar-refractivity contribution in [2.24, 2.45) is 0 Å². The Bertz CT molecular complexity index is 573. The zero-order chi connectivity index (χ0) is 11.8. The Kier molecular flexibility index (Phi) is 2.71. The molecule has 3 rings (SSSR count). The molecule has 0 saturated carbocycles. The van der Waals surface area contributed by atoms with E-state index in [1.807, 2.05) is 11.4 Å². The third kappa shape index (κ3) is 2.00. The van der Waals surface area contributed by atoms with Crippen LogP contribution in [0.2, 0.25) is 0 Å². The van der Waals surface area contributed by atoms with Crippen LogP contribution in [0.3, 0.4) is 0 Å². The maximum absolute atomic E-state index is 11.3. The third-order valence-electron chi connectivity index (χ3n) is 2.80. The third-order valence-corrected chi connectivity index (χ3v) is 4.88. The van der Waals surface area contributed by atoms with Gasteiger partial charge in [0.05, 0.1) is 5.39 Å². The van der Waals surface area contributed by atoms with Gasteiger partial charge in [0.1, 0.15) is 10.6 Å². The Hall–Kier alpha value is -1.21. The van der Waals surface area contributed by atoms with Crippen LogP contribution in [0.15, 0.2) is 11.4 Å². The molecule has 2 aromatic heterocycles. The number of anilines is 2. The smallest absolute Gasteiger partial charge is 0.223 e. The maximum atomic E-state index is 11.3. The minimum atomic E-state index is -0.678. The second-order valence-corrected chi connectivity index (χ2v) is 6.47. The summed E-state index contributed by atoms with van der Waals surface area (Å²) in [6.45, 7) is 1.54. The van der Waals surface area contributed by atoms with Crippen LogP contribution in [-0.4, -0.2) is 38.8 Å². The van der Waals surface area contributed by atoms with Gasteiger partial charge in [-0.15, -0.1) is 11.3 Å². The Morgan fingerprint density at radius 3 is 2.88 bits per heavy atom. The van der Waals surface area contributed by atoms with Crippen LogP contribution in [0.1, 0.15) is 0 Å². The number of hydrogen-bond donors (Lipinski definition) is 1. The lowest BCUT2D eigenvalue weighted by atomic mass is 10.3. The molecule has 0 aliphatic carbocycles. The van der Waals surface area contributed by atoms with Crippen molar-refractivity contribution in [1.29, 1.82) is 0 Å². The number of thiophene rings is 1. The van der Waals surface area contributed by atoms with Gasteiger partial charge in [0.25, 0.3) is 0 Å². The molecular weight excluding hydrogens is 256 g/mol. The van der Waals surface area contributed by atoms with E-state index < -0.39 is 10.8 Å². The van der Waals surface area contributed by atoms with Crippen molar-refractivity contribution in [3.05, 3.63) is 11.4 Å². The normalized spacial score (nSPS) is 17.8. The first kappa shape index (κ1) is 10.9. The van der Waals surface area contributed by atoms with E-state index in [1.165, 1.54) is 0 Å². The van der Waals surface area contributed by atoms with Gasteiger partial charge >= 0.3 is 0 Å². The Morgan fingerprint density at radius 2 is 2.12 bits per heavy atom. The van der Waals surface area contributed by atoms with E-state index in [0.717, 1.165) is 29.1 Å². The molecular formula is C10H12N4OS2. The number of fused-ring (bicyclic) bond motifs is 1. The predicted molar refractivity (Wildman–Crippen MR) is 71.9 cm³/mol. The summed E-state index contributed by atoms with van der Waals surface area (Å²) in [4.78, 5) is 11.6. The lowest BCUT2D eigenvalue weighted by Gasteiger charge is -2.27. The summed E-state index contributed by atoms with van der Waals surface area (Å²) in [5, 5.41) is 3.03. The molecule has 0 unspecified atom stereocenters. The second kappa shape index (κ2) is 4.23. The van der Waals surface area contributed by atoms with Crippen molar-refractivity contribution in [1.82, 2.24) is 9.97 Å². The zero-order valence-corrected chi connectivity index (χ0v) is 10.8. The van der Waals surface area contributed by atoms with Crippen molar-refractivity contribution in [3.8, 4) is 0 Å². The van der Waals surface area contributed by atoms with Gasteiger partial charge in [0.2, 0.25) is 5.95 Å². The summed E-state index contributed by atoms with van der Waals surface area (Å²) >= 11 is 1.56. The molecule has 5 nitrogen and oxygen atoms in total. The van der Waals surface area contributed by atoms with E-state index in [1.54, 1.807) is 11.3 Å². The highest BCUT2D eigenvalue weighted by Gasteiger charge is 2.19. The summed E-state index contributed by atoms with van der Waals surface area (Å²) in [7, 11) is -0.678. The van der Waals surface area contributed by atoms with Crippen LogP contribution in [0.5, 0.6) is 0 Å². The lowest BCUT2D eigenvalue weighted by molar-refractivity contribution is 0.672. The fourth-order valence-electron chi connectivity index (χ4n) is 1.95. The highest BCUT2D eigenvalue weighted by molar-refractivity contribution is 7.85. The van der Waals surface area contributed by atoms with Crippen LogP contribution in [0, 0.1) is 0 Å². The van der Waals surface area contributed by atoms with Crippen molar-refractivity contribution in [3.63, 3.8) is 0 Å². The van der Waals surface area contributed by atoms with Crippen LogP contribution in [-0.2, 0) is 10.8 Å². The van der Waals surface area contributed by atoms with Gasteiger partial charge in [-0.2, -0.15) is 4.98 Å². The van der Waals surface area contributed by atoms with Gasteiger partial charge < -0.3 is 10.6 Å². The van der Waals surface area contributed by atoms with Crippen molar-refractivity contribution in [2.45, 2.75) is 0 Å². The van der Waals surface area contributed by atoms with Crippen LogP contribution >= 0.6 is 11.3 Å². The molecule has 1 aliphatic heterocycles. The van der Waals surface area contributed by atoms with E-state index in [-0.39, 0.29) is 0 Å². The minimum Gasteiger partial charge on any atom is -0.368 e. The summed E-state index contributed by atoms with van der Waals surface area (Å²) in [5.74, 6) is 2.59. The number of aromatic nitrogens is 2. The number of nitrogens with two attached hydrogens (primary N) is 1. The number of nitrogen functional groups attached to an aromatic ring is 1. The molecule has 0 spiro atoms. The first-order valence-electron chi connectivity index (χ1n) is 5.35. The standard InChI is InChI=1S/C10H12N4OS2/c11-10-12-8(7-1-4-16-9(7)13-10)14-2-5-17(15)6-3-14/h1,4H,2-3,5-6H2,(H2,11,12,13). The van der Waals surface area contributed by atoms with Gasteiger partial charge in [0.15, 0.2) is 0 Å². The molecule has 0 atom stereocenters. The monoisotopic (exact) mass is 268 g/mol. The molecule has 0 radical (unpaired) electrons. The summed E-state index contributed by atoms with van der Waals surface area (Å²) in [6, 6.07) is 2.01. The van der Waals surface area contributed by atoms with Crippen LogP contribution in [0.4, 0.5) is 11.8 Å². The van der Waals surface area contributed by atoms with Gasteiger partial charge in [-0.25, -0.2) is 4.98 Å². The SMILES string of the molecule is Nc1nc(N2CCS(=O)CC2)c2ccsc2n1. The van der Waals surface area contributed by atoms with Crippen molar-refractivity contribution >= 4 is 44.1 Å². The zero-order valence-electron chi connectivity index (χ0n) is 9.13. The molecule has 2 aromatic rings. The molecule has 2 N–H and O–H groups in total. The molecule has 0 aromatic carbocycles. The average Bonchev–Trinajstić information content (AvgIpc) is 2.77. The van der Waals surface area contributed by atoms with Crippen LogP contribution in [0.25, 0.3) is 10.2 Å². The molecule has 3 heterocycles. The molecule has 0 amide bonds. The largest absolute Gasteiger partial charge is 0.368 e. The Morgan fingerprint density at radius 1 is 1.35 bits per heavy atom. The number of nitrogens with zero attached hydrogens (tertiary/aromatic N) is 3. The summed E-state index contributed by atoms with van der Waals surface area (Å²) in [6.07, 6.45) is 0. The number of hydrogen-bond acceptors (Lipinski definition) is 6. The Labute approximate surface area is 105 Å². The quantitative estimate of drug-likeness (QED) is 0.830. The van der Waals surface area contributed by atoms with Gasteiger partial charge in [0, 0.05) is 35.4 Å². The fourth-order valence-corrected chi connectivity index (χ4v) is 3.76. The van der Waals surface area contributed by atoms with E-state index in [2.05, 4.69) is 14.9 Å². The topological polar surface area (TPSA) is 72.1 Å². The first-order valence-corrected chi connectivity index (χ1v) is 7.71. The van der Waals surface area contributed by atoms with E-state index >= 15 is 0 Å². The van der Waals surface area contributed by atoms with Gasteiger partial charge in [-0.3, -0.25) is 4.21 Å². The fraction of sp³-hybridized carbons (Fsp3) is 0.400. The molecule has 1 fully saturated rings. The minimum absolute atomic E-state index is 0.307. The lowest BCUT2D eigenvalue weighted by Crippen LogP contribution is -2.38. The maximum Gasteiger partial charge on any atom is 0.223 e. The predicted octanol–water partition coefficient (Wildman–Crippen LogP) is 0.842. The molecule has 90 valence electrons. The highest BCUT2D eigenvalue weighted by Crippen LogP contribution is 2.28. The van der Waals surface area contributed by atoms with Crippen LogP contribution < -0.4 is 10.6 Å². The molecule has 1 aliphatic rings. The average molecular weight is 268 g/mol. The second-order valence-electron chi connectivity index (χ2n) is 3.88. The Balaban J connectivity index is 2.04. The van der Waals surface area contributed by atoms with Crippen molar-refractivity contribution in [2.75, 3.05) is 35.2 Å². The number of rotatable bonds is 1. The first-order chi connectivity index (χ1) is 8.24. The summed E-state index contributed by atoms with van der Waals surface area (Å²) in [5.41, 5.74) is 5.72. The van der Waals surface area contributed by atoms with E-state index in [0.29, 0.717) is 17.5 Å². The molecule has 7 heteroatoms. The molecule has 0 bridgehead atoms. The van der Waals surface area contributed by atoms with Gasteiger partial charge in [-0.1, -0.05) is 0 Å². The molecule has 17 heavy (non-hydrogen) atoms. The van der Waals surface area contributed by atoms with Crippen molar-refractivity contribution < 1.29 is 4.21 Å². The summed E-state index contributed by atoms with van der Waals surface area (Å²) < 4.78 is 11.3. The van der Waals surface area contributed by atoms with E-state index in [9.17, 15) is 4.21 Å².